The summed E-state index contributed by atoms with van der Waals surface area (Å²) < 4.78 is 5.28. The predicted octanol–water partition coefficient (Wildman–Crippen LogP) is 3.58. The maximum atomic E-state index is 12.4. The predicted molar refractivity (Wildman–Crippen MR) is 109 cm³/mol. The van der Waals surface area contributed by atoms with Gasteiger partial charge in [0.05, 0.1) is 12.8 Å². The molecule has 1 aliphatic rings. The molecule has 1 aromatic rings. The van der Waals surface area contributed by atoms with Crippen molar-refractivity contribution in [2.45, 2.75) is 32.7 Å². The highest BCUT2D eigenvalue weighted by Gasteiger charge is 2.34. The van der Waals surface area contributed by atoms with Gasteiger partial charge in [-0.25, -0.2) is 0 Å². The minimum absolute atomic E-state index is 0. The minimum Gasteiger partial charge on any atom is -0.495 e. The summed E-state index contributed by atoms with van der Waals surface area (Å²) in [6.07, 6.45) is 1.29. The second-order valence-electron chi connectivity index (χ2n) is 6.72. The number of benzene rings is 1. The van der Waals surface area contributed by atoms with Gasteiger partial charge in [-0.05, 0) is 30.0 Å². The van der Waals surface area contributed by atoms with E-state index in [0.717, 1.165) is 18.7 Å². The van der Waals surface area contributed by atoms with Gasteiger partial charge in [0, 0.05) is 37.1 Å². The average Bonchev–Trinajstić information content (AvgIpc) is 2.50. The van der Waals surface area contributed by atoms with Crippen molar-refractivity contribution in [3.8, 4) is 5.75 Å². The van der Waals surface area contributed by atoms with Gasteiger partial charge in [-0.15, -0.1) is 24.8 Å². The van der Waals surface area contributed by atoms with Gasteiger partial charge >= 0.3 is 0 Å². The standard InChI is InChI=1S/C17H26ClN3O2.2ClH/c1-17(2)11-21(9-7-15(17)19)16(22)6-8-20-13-10-12(18)4-5-14(13)23-3;;/h4-5,10,15,20H,6-9,11,19H2,1-3H3;2*1H. The normalized spacial score (nSPS) is 18.6. The van der Waals surface area contributed by atoms with Gasteiger partial charge in [0.15, 0.2) is 0 Å². The number of ether oxygens (including phenoxy) is 1. The Morgan fingerprint density at radius 1 is 1.44 bits per heavy atom. The molecule has 1 heterocycles. The number of carbonyl (C=O) groups excluding carboxylic acids is 1. The lowest BCUT2D eigenvalue weighted by Crippen LogP contribution is -2.54. The molecule has 0 saturated carbocycles. The van der Waals surface area contributed by atoms with E-state index in [1.807, 2.05) is 4.90 Å². The zero-order valence-corrected chi connectivity index (χ0v) is 17.3. The molecule has 144 valence electrons. The first-order valence-electron chi connectivity index (χ1n) is 7.94. The van der Waals surface area contributed by atoms with E-state index in [1.165, 1.54) is 0 Å². The number of amides is 1. The van der Waals surface area contributed by atoms with E-state index in [0.29, 0.717) is 30.3 Å². The lowest BCUT2D eigenvalue weighted by molar-refractivity contribution is -0.134. The number of rotatable bonds is 5. The van der Waals surface area contributed by atoms with Crippen LogP contribution in [0.3, 0.4) is 0 Å². The van der Waals surface area contributed by atoms with Crippen LogP contribution in [0, 0.1) is 5.41 Å². The first kappa shape index (κ1) is 24.1. The van der Waals surface area contributed by atoms with E-state index in [-0.39, 0.29) is 42.2 Å². The SMILES string of the molecule is COc1ccc(Cl)cc1NCCC(=O)N1CCC(N)C(C)(C)C1.Cl.Cl. The molecule has 25 heavy (non-hydrogen) atoms. The Kier molecular flexibility index (Phi) is 9.95. The lowest BCUT2D eigenvalue weighted by atomic mass is 9.79. The summed E-state index contributed by atoms with van der Waals surface area (Å²) >= 11 is 6.00. The summed E-state index contributed by atoms with van der Waals surface area (Å²) in [5.41, 5.74) is 6.89. The molecule has 1 amide bonds. The molecule has 0 bridgehead atoms. The molecule has 0 radical (unpaired) electrons. The second kappa shape index (κ2) is 10.3. The summed E-state index contributed by atoms with van der Waals surface area (Å²) in [6.45, 7) is 6.23. The molecule has 1 fully saturated rings. The van der Waals surface area contributed by atoms with Gasteiger partial charge in [-0.3, -0.25) is 4.79 Å². The maximum absolute atomic E-state index is 12.4. The summed E-state index contributed by atoms with van der Waals surface area (Å²) in [5, 5.41) is 3.85. The Morgan fingerprint density at radius 3 is 2.72 bits per heavy atom. The average molecular weight is 413 g/mol. The van der Waals surface area contributed by atoms with Crippen LogP contribution in [0.2, 0.25) is 5.02 Å². The molecule has 3 N–H and O–H groups in total. The Bertz CT molecular complexity index is 570. The smallest absolute Gasteiger partial charge is 0.224 e. The number of nitrogens with one attached hydrogen (secondary N) is 1. The second-order valence-corrected chi connectivity index (χ2v) is 7.16. The van der Waals surface area contributed by atoms with Crippen LogP contribution < -0.4 is 15.8 Å². The van der Waals surface area contributed by atoms with Crippen molar-refractivity contribution in [1.82, 2.24) is 4.90 Å². The van der Waals surface area contributed by atoms with Gasteiger partial charge in [-0.2, -0.15) is 0 Å². The first-order valence-corrected chi connectivity index (χ1v) is 8.32. The van der Waals surface area contributed by atoms with E-state index in [2.05, 4.69) is 19.2 Å². The molecule has 1 unspecified atom stereocenters. The molecule has 1 aliphatic heterocycles. The summed E-state index contributed by atoms with van der Waals surface area (Å²) in [7, 11) is 1.61. The summed E-state index contributed by atoms with van der Waals surface area (Å²) in [6, 6.07) is 5.53. The number of likely N-dealkylation sites (tertiary alicyclic amines) is 1. The fourth-order valence-electron chi connectivity index (χ4n) is 2.87. The van der Waals surface area contributed by atoms with E-state index in [9.17, 15) is 4.79 Å². The van der Waals surface area contributed by atoms with Crippen molar-refractivity contribution < 1.29 is 9.53 Å². The third-order valence-corrected chi connectivity index (χ3v) is 4.72. The molecule has 2 rings (SSSR count). The molecule has 0 aliphatic carbocycles. The molecule has 0 aromatic heterocycles. The van der Waals surface area contributed by atoms with Crippen molar-refractivity contribution in [3.63, 3.8) is 0 Å². The highest BCUT2D eigenvalue weighted by molar-refractivity contribution is 6.30. The zero-order chi connectivity index (χ0) is 17.0. The summed E-state index contributed by atoms with van der Waals surface area (Å²) in [5.74, 6) is 0.866. The molecule has 8 heteroatoms. The van der Waals surface area contributed by atoms with Crippen molar-refractivity contribution in [3.05, 3.63) is 23.2 Å². The van der Waals surface area contributed by atoms with Gasteiger partial charge in [-0.1, -0.05) is 25.4 Å². The molecule has 1 aromatic carbocycles. The van der Waals surface area contributed by atoms with Crippen molar-refractivity contribution in [1.29, 1.82) is 0 Å². The number of nitrogens with two attached hydrogens (primary N) is 1. The number of nitrogens with zero attached hydrogens (tertiary/aromatic N) is 1. The number of halogens is 3. The molecule has 1 atom stereocenters. The molecular weight excluding hydrogens is 385 g/mol. The lowest BCUT2D eigenvalue weighted by Gasteiger charge is -2.42. The number of carbonyl (C=O) groups is 1. The topological polar surface area (TPSA) is 67.6 Å². The molecule has 0 spiro atoms. The third kappa shape index (κ3) is 6.41. The number of hydrogen-bond donors (Lipinski definition) is 2. The van der Waals surface area contributed by atoms with Gasteiger partial charge in [0.1, 0.15) is 5.75 Å². The van der Waals surface area contributed by atoms with E-state index >= 15 is 0 Å². The van der Waals surface area contributed by atoms with E-state index in [1.54, 1.807) is 25.3 Å². The fraction of sp³-hybridized carbons (Fsp3) is 0.588. The van der Waals surface area contributed by atoms with Crippen LogP contribution in [0.4, 0.5) is 5.69 Å². The first-order chi connectivity index (χ1) is 10.8. The van der Waals surface area contributed by atoms with Gasteiger partial charge in [0.25, 0.3) is 0 Å². The Hall–Kier alpha value is -0.880. The number of piperidine rings is 1. The third-order valence-electron chi connectivity index (χ3n) is 4.48. The monoisotopic (exact) mass is 411 g/mol. The number of methoxy groups -OCH3 is 1. The van der Waals surface area contributed by atoms with Crippen LogP contribution >= 0.6 is 36.4 Å². The number of anilines is 1. The Balaban J connectivity index is 0.00000288. The van der Waals surface area contributed by atoms with E-state index in [4.69, 9.17) is 22.1 Å². The van der Waals surface area contributed by atoms with Gasteiger partial charge in [0.2, 0.25) is 5.91 Å². The van der Waals surface area contributed by atoms with Crippen LogP contribution in [-0.4, -0.2) is 43.6 Å². The Morgan fingerprint density at radius 2 is 2.12 bits per heavy atom. The molecule has 1 saturated heterocycles. The summed E-state index contributed by atoms with van der Waals surface area (Å²) in [4.78, 5) is 14.3. The van der Waals surface area contributed by atoms with Crippen molar-refractivity contribution in [2.24, 2.45) is 11.1 Å². The van der Waals surface area contributed by atoms with Crippen LogP contribution in [0.25, 0.3) is 0 Å². The zero-order valence-electron chi connectivity index (χ0n) is 14.9. The van der Waals surface area contributed by atoms with Crippen LogP contribution in [0.1, 0.15) is 26.7 Å². The molecular formula is C17H28Cl3N3O2. The highest BCUT2D eigenvalue weighted by atomic mass is 35.5. The Labute approximate surface area is 167 Å². The number of hydrogen-bond acceptors (Lipinski definition) is 4. The van der Waals surface area contributed by atoms with Crippen LogP contribution in [-0.2, 0) is 4.79 Å². The fourth-order valence-corrected chi connectivity index (χ4v) is 3.04. The highest BCUT2D eigenvalue weighted by Crippen LogP contribution is 2.29. The largest absolute Gasteiger partial charge is 0.495 e. The van der Waals surface area contributed by atoms with E-state index < -0.39 is 0 Å². The quantitative estimate of drug-likeness (QED) is 0.775. The van der Waals surface area contributed by atoms with Crippen LogP contribution in [0.5, 0.6) is 5.75 Å². The molecule has 5 nitrogen and oxygen atoms in total. The van der Waals surface area contributed by atoms with Crippen molar-refractivity contribution >= 4 is 48.0 Å². The maximum Gasteiger partial charge on any atom is 0.224 e. The van der Waals surface area contributed by atoms with Crippen LogP contribution in [0.15, 0.2) is 18.2 Å². The minimum atomic E-state index is -0.0302. The van der Waals surface area contributed by atoms with Crippen molar-refractivity contribution in [2.75, 3.05) is 32.1 Å². The van der Waals surface area contributed by atoms with Gasteiger partial charge < -0.3 is 20.7 Å².